The van der Waals surface area contributed by atoms with E-state index in [-0.39, 0.29) is 0 Å². The summed E-state index contributed by atoms with van der Waals surface area (Å²) in [4.78, 5) is 14.9. The minimum Gasteiger partial charge on any atom is -0.456 e. The van der Waals surface area contributed by atoms with Gasteiger partial charge in [-0.05, 0) is 25.5 Å². The zero-order chi connectivity index (χ0) is 12.0. The molecule has 80 valence electrons. The molecule has 0 saturated heterocycles. The number of ether oxygens (including phenoxy) is 1. The van der Waals surface area contributed by atoms with Crippen LogP contribution in [0.25, 0.3) is 0 Å². The number of esters is 1. The Morgan fingerprint density at radius 2 is 2.38 bits per heavy atom. The maximum atomic E-state index is 11.0. The second-order valence-electron chi connectivity index (χ2n) is 2.97. The molecular weight excluding hydrogens is 204 g/mol. The monoisotopic (exact) mass is 214 g/mol. The number of aryl methyl sites for hydroxylation is 1. The molecule has 0 aliphatic rings. The Hall–Kier alpha value is -2.33. The highest BCUT2D eigenvalue weighted by Gasteiger charge is 1.99. The van der Waals surface area contributed by atoms with Crippen LogP contribution in [-0.4, -0.2) is 17.6 Å². The van der Waals surface area contributed by atoms with Crippen LogP contribution in [0.5, 0.6) is 0 Å². The molecule has 0 aliphatic carbocycles. The summed E-state index contributed by atoms with van der Waals surface area (Å²) in [7, 11) is 0. The molecule has 0 saturated carbocycles. The van der Waals surface area contributed by atoms with Crippen LogP contribution in [0.2, 0.25) is 0 Å². The van der Waals surface area contributed by atoms with Crippen LogP contribution < -0.4 is 0 Å². The number of carbonyl (C=O) groups excluding carboxylic acids is 1. The molecule has 0 N–H and O–H groups in total. The highest BCUT2D eigenvalue weighted by molar-refractivity contribution is 5.89. The molecule has 4 nitrogen and oxygen atoms in total. The summed E-state index contributed by atoms with van der Waals surface area (Å²) in [5.41, 5.74) is 1.68. The maximum absolute atomic E-state index is 11.0. The van der Waals surface area contributed by atoms with E-state index >= 15 is 0 Å². The Bertz CT molecular complexity index is 504. The summed E-state index contributed by atoms with van der Waals surface area (Å²) in [5.74, 6) is 4.39. The van der Waals surface area contributed by atoms with Crippen molar-refractivity contribution in [3.63, 3.8) is 0 Å². The van der Waals surface area contributed by atoms with E-state index in [1.165, 1.54) is 6.20 Å². The predicted molar refractivity (Wildman–Crippen MR) is 57.2 cm³/mol. The molecule has 0 unspecified atom stereocenters. The second-order valence-corrected chi connectivity index (χ2v) is 2.97. The lowest BCUT2D eigenvalue weighted by atomic mass is 10.1. The average molecular weight is 214 g/mol. The molecule has 4 heteroatoms. The molecule has 0 aliphatic heterocycles. The van der Waals surface area contributed by atoms with E-state index in [9.17, 15) is 4.79 Å². The third kappa shape index (κ3) is 3.11. The maximum Gasteiger partial charge on any atom is 0.384 e. The van der Waals surface area contributed by atoms with Gasteiger partial charge in [-0.3, -0.25) is 0 Å². The van der Waals surface area contributed by atoms with Crippen molar-refractivity contribution >= 4 is 5.97 Å². The van der Waals surface area contributed by atoms with Gasteiger partial charge in [0.25, 0.3) is 0 Å². The molecule has 0 spiro atoms. The number of nitriles is 1. The van der Waals surface area contributed by atoms with Gasteiger partial charge in [-0.25, -0.2) is 9.78 Å². The van der Waals surface area contributed by atoms with E-state index in [2.05, 4.69) is 21.6 Å². The van der Waals surface area contributed by atoms with E-state index in [0.717, 1.165) is 5.56 Å². The van der Waals surface area contributed by atoms with Crippen molar-refractivity contribution in [3.8, 4) is 17.9 Å². The molecule has 0 bridgehead atoms. The Morgan fingerprint density at radius 3 is 2.94 bits per heavy atom. The van der Waals surface area contributed by atoms with Crippen molar-refractivity contribution in [2.24, 2.45) is 0 Å². The molecule has 1 aromatic heterocycles. The Labute approximate surface area is 93.9 Å². The van der Waals surface area contributed by atoms with Crippen LogP contribution in [0.4, 0.5) is 0 Å². The minimum atomic E-state index is -0.565. The topological polar surface area (TPSA) is 63.0 Å². The molecule has 1 heterocycles. The van der Waals surface area contributed by atoms with Gasteiger partial charge >= 0.3 is 5.97 Å². The van der Waals surface area contributed by atoms with E-state index < -0.39 is 5.97 Å². The highest BCUT2D eigenvalue weighted by Crippen LogP contribution is 2.05. The lowest BCUT2D eigenvalue weighted by Crippen LogP contribution is -1.99. The van der Waals surface area contributed by atoms with Crippen molar-refractivity contribution in [2.75, 3.05) is 6.61 Å². The lowest BCUT2D eigenvalue weighted by molar-refractivity contribution is -0.136. The molecule has 0 fully saturated rings. The van der Waals surface area contributed by atoms with Crippen LogP contribution in [-0.2, 0) is 9.53 Å². The third-order valence-corrected chi connectivity index (χ3v) is 1.77. The van der Waals surface area contributed by atoms with Gasteiger partial charge < -0.3 is 4.74 Å². The summed E-state index contributed by atoms with van der Waals surface area (Å²) in [6.07, 6.45) is 1.46. The van der Waals surface area contributed by atoms with Gasteiger partial charge in [0.15, 0.2) is 0 Å². The number of hydrogen-bond donors (Lipinski definition) is 0. The lowest BCUT2D eigenvalue weighted by Gasteiger charge is -1.95. The van der Waals surface area contributed by atoms with Crippen LogP contribution in [0.3, 0.4) is 0 Å². The van der Waals surface area contributed by atoms with Gasteiger partial charge in [0.05, 0.1) is 6.61 Å². The first-order valence-corrected chi connectivity index (χ1v) is 4.73. The van der Waals surface area contributed by atoms with Crippen molar-refractivity contribution in [1.82, 2.24) is 4.98 Å². The number of pyridine rings is 1. The van der Waals surface area contributed by atoms with Gasteiger partial charge in [0, 0.05) is 17.7 Å². The Balaban J connectivity index is 2.87. The molecule has 0 aromatic carbocycles. The second kappa shape index (κ2) is 5.53. The van der Waals surface area contributed by atoms with Crippen molar-refractivity contribution in [2.45, 2.75) is 13.8 Å². The number of aromatic nitrogens is 1. The van der Waals surface area contributed by atoms with Gasteiger partial charge in [-0.15, -0.1) is 0 Å². The SMILES string of the molecule is CCOC(=O)C#Cc1cnc(C#N)c(C)c1. The summed E-state index contributed by atoms with van der Waals surface area (Å²) in [5, 5.41) is 8.67. The van der Waals surface area contributed by atoms with E-state index in [4.69, 9.17) is 5.26 Å². The van der Waals surface area contributed by atoms with Crippen molar-refractivity contribution < 1.29 is 9.53 Å². The summed E-state index contributed by atoms with van der Waals surface area (Å²) in [6, 6.07) is 3.66. The van der Waals surface area contributed by atoms with Crippen molar-refractivity contribution in [3.05, 3.63) is 29.1 Å². The normalized spacial score (nSPS) is 8.56. The summed E-state index contributed by atoms with van der Waals surface area (Å²) >= 11 is 0. The zero-order valence-electron chi connectivity index (χ0n) is 9.07. The van der Waals surface area contributed by atoms with Crippen LogP contribution in [0.15, 0.2) is 12.3 Å². The number of hydrogen-bond acceptors (Lipinski definition) is 4. The first-order chi connectivity index (χ1) is 7.67. The van der Waals surface area contributed by atoms with Crippen molar-refractivity contribution in [1.29, 1.82) is 5.26 Å². The fourth-order valence-electron chi connectivity index (χ4n) is 1.05. The van der Waals surface area contributed by atoms with Gasteiger partial charge in [0.2, 0.25) is 0 Å². The van der Waals surface area contributed by atoms with Gasteiger partial charge in [-0.1, -0.05) is 5.92 Å². The quantitative estimate of drug-likeness (QED) is 0.520. The van der Waals surface area contributed by atoms with E-state index in [0.29, 0.717) is 17.9 Å². The Kier molecular flexibility index (Phi) is 4.06. The molecule has 0 radical (unpaired) electrons. The van der Waals surface area contributed by atoms with Crippen LogP contribution in [0, 0.1) is 30.1 Å². The standard InChI is InChI=1S/C12H10N2O2/c1-3-16-12(15)5-4-10-6-9(2)11(7-13)14-8-10/h6,8H,3H2,1-2H3. The number of carbonyl (C=O) groups is 1. The predicted octanol–water partition coefficient (Wildman–Crippen LogP) is 1.18. The number of rotatable bonds is 1. The minimum absolute atomic E-state index is 0.304. The Morgan fingerprint density at radius 1 is 1.62 bits per heavy atom. The molecule has 0 amide bonds. The largest absolute Gasteiger partial charge is 0.456 e. The van der Waals surface area contributed by atoms with Crippen LogP contribution in [0.1, 0.15) is 23.7 Å². The van der Waals surface area contributed by atoms with E-state index in [1.54, 1.807) is 19.9 Å². The fourth-order valence-corrected chi connectivity index (χ4v) is 1.05. The highest BCUT2D eigenvalue weighted by atomic mass is 16.5. The van der Waals surface area contributed by atoms with E-state index in [1.807, 2.05) is 6.07 Å². The summed E-state index contributed by atoms with van der Waals surface area (Å²) < 4.78 is 4.65. The molecular formula is C12H10N2O2. The molecule has 0 atom stereocenters. The average Bonchev–Trinajstić information content (AvgIpc) is 2.27. The molecule has 16 heavy (non-hydrogen) atoms. The zero-order valence-corrected chi connectivity index (χ0v) is 9.07. The molecule has 1 rings (SSSR count). The third-order valence-electron chi connectivity index (χ3n) is 1.77. The molecule has 1 aromatic rings. The number of nitrogens with zero attached hydrogens (tertiary/aromatic N) is 2. The smallest absolute Gasteiger partial charge is 0.384 e. The fraction of sp³-hybridized carbons (Fsp3) is 0.250. The first-order valence-electron chi connectivity index (χ1n) is 4.73. The summed E-state index contributed by atoms with van der Waals surface area (Å²) in [6.45, 7) is 3.78. The first kappa shape index (κ1) is 11.7. The van der Waals surface area contributed by atoms with Crippen LogP contribution >= 0.6 is 0 Å². The van der Waals surface area contributed by atoms with Gasteiger partial charge in [0.1, 0.15) is 11.8 Å². The van der Waals surface area contributed by atoms with Gasteiger partial charge in [-0.2, -0.15) is 5.26 Å².